The topological polar surface area (TPSA) is 15.3 Å². The number of fused-ring (bicyclic) bond motifs is 3. The van der Waals surface area contributed by atoms with Crippen LogP contribution in [0.25, 0.3) is 0 Å². The van der Waals surface area contributed by atoms with Crippen molar-refractivity contribution >= 4 is 5.69 Å². The van der Waals surface area contributed by atoms with Crippen LogP contribution in [0.4, 0.5) is 5.69 Å². The summed E-state index contributed by atoms with van der Waals surface area (Å²) >= 11 is 0. The lowest BCUT2D eigenvalue weighted by molar-refractivity contribution is 0.422. The molecule has 1 fully saturated rings. The molecule has 14 heavy (non-hydrogen) atoms. The molecule has 1 saturated heterocycles. The molecule has 2 aliphatic rings. The van der Waals surface area contributed by atoms with Crippen LogP contribution in [0.1, 0.15) is 12.5 Å². The van der Waals surface area contributed by atoms with E-state index in [-0.39, 0.29) is 0 Å². The van der Waals surface area contributed by atoms with E-state index in [0.29, 0.717) is 12.1 Å². The fourth-order valence-electron chi connectivity index (χ4n) is 2.65. The Kier molecular flexibility index (Phi) is 1.77. The zero-order valence-corrected chi connectivity index (χ0v) is 8.53. The Morgan fingerprint density at radius 3 is 3.14 bits per heavy atom. The molecule has 74 valence electrons. The Balaban J connectivity index is 1.97. The van der Waals surface area contributed by atoms with Gasteiger partial charge in [0.15, 0.2) is 0 Å². The van der Waals surface area contributed by atoms with Gasteiger partial charge in [-0.3, -0.25) is 0 Å². The average Bonchev–Trinajstić information content (AvgIpc) is 2.56. The van der Waals surface area contributed by atoms with Crippen molar-refractivity contribution in [3.05, 3.63) is 29.8 Å². The zero-order chi connectivity index (χ0) is 9.54. The van der Waals surface area contributed by atoms with Crippen molar-refractivity contribution in [3.8, 4) is 0 Å². The van der Waals surface area contributed by atoms with Crippen molar-refractivity contribution in [1.29, 1.82) is 0 Å². The third kappa shape index (κ3) is 1.14. The van der Waals surface area contributed by atoms with E-state index in [1.165, 1.54) is 17.7 Å². The molecule has 2 heteroatoms. The molecule has 2 nitrogen and oxygen atoms in total. The lowest BCUT2D eigenvalue weighted by atomic mass is 10.1. The van der Waals surface area contributed by atoms with Crippen LogP contribution in [0.2, 0.25) is 0 Å². The molecule has 0 aromatic heterocycles. The fourth-order valence-corrected chi connectivity index (χ4v) is 2.65. The molecule has 2 heterocycles. The average molecular weight is 188 g/mol. The van der Waals surface area contributed by atoms with Gasteiger partial charge in [-0.25, -0.2) is 0 Å². The largest absolute Gasteiger partial charge is 0.365 e. The van der Waals surface area contributed by atoms with E-state index >= 15 is 0 Å². The SMILES string of the molecule is C[C@@H]1CN2c3ccccc3CC2CN1. The quantitative estimate of drug-likeness (QED) is 0.662. The van der Waals surface area contributed by atoms with Gasteiger partial charge in [0, 0.05) is 30.9 Å². The first-order chi connectivity index (χ1) is 6.84. The molecule has 0 radical (unpaired) electrons. The standard InChI is InChI=1S/C12H16N2/c1-9-8-14-11(7-13-9)6-10-4-2-3-5-12(10)14/h2-5,9,11,13H,6-8H2,1H3/t9-,11?/m1/s1. The molecule has 0 bridgehead atoms. The van der Waals surface area contributed by atoms with Crippen molar-refractivity contribution in [2.75, 3.05) is 18.0 Å². The minimum atomic E-state index is 0.623. The van der Waals surface area contributed by atoms with Crippen molar-refractivity contribution in [1.82, 2.24) is 5.32 Å². The smallest absolute Gasteiger partial charge is 0.0456 e. The Bertz CT molecular complexity index is 348. The van der Waals surface area contributed by atoms with Gasteiger partial charge in [-0.1, -0.05) is 18.2 Å². The predicted octanol–water partition coefficient (Wildman–Crippen LogP) is 1.41. The Labute approximate surface area is 84.9 Å². The third-order valence-electron chi connectivity index (χ3n) is 3.37. The number of nitrogens with one attached hydrogen (secondary N) is 1. The summed E-state index contributed by atoms with van der Waals surface area (Å²) in [5.74, 6) is 0. The second-order valence-electron chi connectivity index (χ2n) is 4.45. The summed E-state index contributed by atoms with van der Waals surface area (Å²) < 4.78 is 0. The molecule has 1 N–H and O–H groups in total. The summed E-state index contributed by atoms with van der Waals surface area (Å²) in [6, 6.07) is 10.1. The van der Waals surface area contributed by atoms with E-state index in [2.05, 4.69) is 41.4 Å². The Hall–Kier alpha value is -1.02. The van der Waals surface area contributed by atoms with Gasteiger partial charge in [0.1, 0.15) is 0 Å². The van der Waals surface area contributed by atoms with E-state index in [1.54, 1.807) is 0 Å². The number of rotatable bonds is 0. The summed E-state index contributed by atoms with van der Waals surface area (Å²) in [5, 5.41) is 3.55. The number of piperazine rings is 1. The zero-order valence-electron chi connectivity index (χ0n) is 8.53. The molecule has 0 spiro atoms. The van der Waals surface area contributed by atoms with Gasteiger partial charge in [-0.05, 0) is 25.0 Å². The van der Waals surface area contributed by atoms with Crippen molar-refractivity contribution in [3.63, 3.8) is 0 Å². The van der Waals surface area contributed by atoms with Crippen molar-refractivity contribution in [2.24, 2.45) is 0 Å². The first-order valence-electron chi connectivity index (χ1n) is 5.42. The minimum Gasteiger partial charge on any atom is -0.365 e. The van der Waals surface area contributed by atoms with E-state index in [1.807, 2.05) is 0 Å². The Morgan fingerprint density at radius 1 is 1.36 bits per heavy atom. The first-order valence-corrected chi connectivity index (χ1v) is 5.42. The van der Waals surface area contributed by atoms with E-state index in [0.717, 1.165) is 13.1 Å². The summed E-state index contributed by atoms with van der Waals surface area (Å²) in [6.07, 6.45) is 1.22. The van der Waals surface area contributed by atoms with Crippen LogP contribution in [0, 0.1) is 0 Å². The highest BCUT2D eigenvalue weighted by Gasteiger charge is 2.32. The number of benzene rings is 1. The van der Waals surface area contributed by atoms with Crippen molar-refractivity contribution < 1.29 is 0 Å². The lowest BCUT2D eigenvalue weighted by Crippen LogP contribution is -2.54. The monoisotopic (exact) mass is 188 g/mol. The van der Waals surface area contributed by atoms with Gasteiger partial charge in [0.25, 0.3) is 0 Å². The van der Waals surface area contributed by atoms with Gasteiger partial charge >= 0.3 is 0 Å². The van der Waals surface area contributed by atoms with E-state index in [9.17, 15) is 0 Å². The molecule has 1 aromatic carbocycles. The number of hydrogen-bond acceptors (Lipinski definition) is 2. The van der Waals surface area contributed by atoms with Crippen LogP contribution in [0.3, 0.4) is 0 Å². The molecule has 1 unspecified atom stereocenters. The highest BCUT2D eigenvalue weighted by molar-refractivity contribution is 5.60. The van der Waals surface area contributed by atoms with Crippen LogP contribution in [0.15, 0.2) is 24.3 Å². The van der Waals surface area contributed by atoms with Crippen LogP contribution < -0.4 is 10.2 Å². The molecular weight excluding hydrogens is 172 g/mol. The fraction of sp³-hybridized carbons (Fsp3) is 0.500. The third-order valence-corrected chi connectivity index (χ3v) is 3.37. The van der Waals surface area contributed by atoms with Gasteiger partial charge in [0.2, 0.25) is 0 Å². The number of para-hydroxylation sites is 1. The predicted molar refractivity (Wildman–Crippen MR) is 58.7 cm³/mol. The highest BCUT2D eigenvalue weighted by atomic mass is 15.2. The maximum Gasteiger partial charge on any atom is 0.0456 e. The number of anilines is 1. The minimum absolute atomic E-state index is 0.623. The second kappa shape index (κ2) is 2.99. The van der Waals surface area contributed by atoms with Crippen LogP contribution in [-0.2, 0) is 6.42 Å². The molecule has 3 rings (SSSR count). The summed E-state index contributed by atoms with van der Waals surface area (Å²) in [7, 11) is 0. The molecule has 0 aliphatic carbocycles. The van der Waals surface area contributed by atoms with E-state index in [4.69, 9.17) is 0 Å². The maximum atomic E-state index is 3.55. The highest BCUT2D eigenvalue weighted by Crippen LogP contribution is 2.32. The maximum absolute atomic E-state index is 3.55. The van der Waals surface area contributed by atoms with Gasteiger partial charge in [-0.2, -0.15) is 0 Å². The van der Waals surface area contributed by atoms with Gasteiger partial charge in [0.05, 0.1) is 0 Å². The van der Waals surface area contributed by atoms with Gasteiger partial charge < -0.3 is 10.2 Å². The summed E-state index contributed by atoms with van der Waals surface area (Å²) in [6.45, 7) is 4.55. The molecule has 2 aliphatic heterocycles. The lowest BCUT2D eigenvalue weighted by Gasteiger charge is -2.36. The molecule has 1 aromatic rings. The van der Waals surface area contributed by atoms with Crippen LogP contribution in [-0.4, -0.2) is 25.2 Å². The Morgan fingerprint density at radius 2 is 2.21 bits per heavy atom. The van der Waals surface area contributed by atoms with Crippen LogP contribution in [0.5, 0.6) is 0 Å². The normalized spacial score (nSPS) is 29.9. The van der Waals surface area contributed by atoms with Crippen molar-refractivity contribution in [2.45, 2.75) is 25.4 Å². The number of hydrogen-bond donors (Lipinski definition) is 1. The van der Waals surface area contributed by atoms with Crippen LogP contribution >= 0.6 is 0 Å². The van der Waals surface area contributed by atoms with E-state index < -0.39 is 0 Å². The second-order valence-corrected chi connectivity index (χ2v) is 4.45. The first kappa shape index (κ1) is 8.30. The summed E-state index contributed by atoms with van der Waals surface area (Å²) in [5.41, 5.74) is 2.99. The molecule has 2 atom stereocenters. The molecule has 0 saturated carbocycles. The summed E-state index contributed by atoms with van der Waals surface area (Å²) in [4.78, 5) is 2.57. The number of nitrogens with zero attached hydrogens (tertiary/aromatic N) is 1. The molecule has 0 amide bonds. The molecular formula is C12H16N2. The van der Waals surface area contributed by atoms with Gasteiger partial charge in [-0.15, -0.1) is 0 Å².